The molecular formula is C69H132O6. The third kappa shape index (κ3) is 62.9. The second-order valence-electron chi connectivity index (χ2n) is 23.5. The van der Waals surface area contributed by atoms with Crippen LogP contribution < -0.4 is 0 Å². The summed E-state index contributed by atoms with van der Waals surface area (Å²) in [6, 6.07) is 0. The van der Waals surface area contributed by atoms with Crippen LogP contribution in [-0.4, -0.2) is 37.2 Å². The summed E-state index contributed by atoms with van der Waals surface area (Å²) in [5.74, 6) is -0.836. The SMILES string of the molecule is CCCCCCCCCC/C=C\CCCCCCCCCCCCCCCCCCCCCCCCCC(=O)OCC(COC(=O)CCCCCCCCCCCCC)OC(=O)CCCCCCCCCCCCC. The predicted molar refractivity (Wildman–Crippen MR) is 326 cm³/mol. The first-order valence-corrected chi connectivity index (χ1v) is 34.2. The number of hydrogen-bond donors (Lipinski definition) is 0. The van der Waals surface area contributed by atoms with Gasteiger partial charge < -0.3 is 14.2 Å². The predicted octanol–water partition coefficient (Wildman–Crippen LogP) is 23.2. The molecule has 1 atom stereocenters. The van der Waals surface area contributed by atoms with Gasteiger partial charge in [0.15, 0.2) is 6.10 Å². The van der Waals surface area contributed by atoms with Gasteiger partial charge in [0, 0.05) is 19.3 Å². The van der Waals surface area contributed by atoms with E-state index in [-0.39, 0.29) is 31.1 Å². The molecule has 6 heteroatoms. The second kappa shape index (κ2) is 64.7. The average molecular weight is 1060 g/mol. The third-order valence-electron chi connectivity index (χ3n) is 15.8. The lowest BCUT2D eigenvalue weighted by atomic mass is 10.0. The molecule has 0 aromatic heterocycles. The molecule has 1 unspecified atom stereocenters. The first kappa shape index (κ1) is 73.2. The minimum absolute atomic E-state index is 0.0624. The lowest BCUT2D eigenvalue weighted by Gasteiger charge is -2.18. The van der Waals surface area contributed by atoms with E-state index >= 15 is 0 Å². The highest BCUT2D eigenvalue weighted by molar-refractivity contribution is 5.71. The molecule has 0 aliphatic heterocycles. The van der Waals surface area contributed by atoms with Gasteiger partial charge in [0.25, 0.3) is 0 Å². The quantitative estimate of drug-likeness (QED) is 0.0261. The Hall–Kier alpha value is -1.85. The van der Waals surface area contributed by atoms with E-state index in [0.717, 1.165) is 57.8 Å². The van der Waals surface area contributed by atoms with Gasteiger partial charge in [0.1, 0.15) is 13.2 Å². The maximum atomic E-state index is 12.8. The van der Waals surface area contributed by atoms with Gasteiger partial charge in [0.05, 0.1) is 0 Å². The summed E-state index contributed by atoms with van der Waals surface area (Å²) in [4.78, 5) is 38.1. The summed E-state index contributed by atoms with van der Waals surface area (Å²) < 4.78 is 16.9. The normalized spacial score (nSPS) is 12.0. The maximum absolute atomic E-state index is 12.8. The topological polar surface area (TPSA) is 78.9 Å². The third-order valence-corrected chi connectivity index (χ3v) is 15.8. The van der Waals surface area contributed by atoms with Gasteiger partial charge in [-0.1, -0.05) is 341 Å². The van der Waals surface area contributed by atoms with Crippen molar-refractivity contribution in [3.63, 3.8) is 0 Å². The Morgan fingerprint density at radius 2 is 0.440 bits per heavy atom. The van der Waals surface area contributed by atoms with E-state index < -0.39 is 6.10 Å². The zero-order valence-electron chi connectivity index (χ0n) is 51.1. The van der Waals surface area contributed by atoms with Gasteiger partial charge in [-0.25, -0.2) is 0 Å². The maximum Gasteiger partial charge on any atom is 0.306 e. The number of hydrogen-bond acceptors (Lipinski definition) is 6. The van der Waals surface area contributed by atoms with Crippen LogP contribution in [0.15, 0.2) is 12.2 Å². The van der Waals surface area contributed by atoms with Gasteiger partial charge in [-0.05, 0) is 44.9 Å². The minimum Gasteiger partial charge on any atom is -0.462 e. The first-order valence-electron chi connectivity index (χ1n) is 34.2. The second-order valence-corrected chi connectivity index (χ2v) is 23.5. The Labute approximate surface area is 469 Å². The summed E-state index contributed by atoms with van der Waals surface area (Å²) in [6.45, 7) is 6.69. The summed E-state index contributed by atoms with van der Waals surface area (Å²) in [6.07, 6.45) is 77.0. The molecule has 0 aliphatic rings. The van der Waals surface area contributed by atoms with Crippen molar-refractivity contribution in [3.8, 4) is 0 Å². The van der Waals surface area contributed by atoms with E-state index in [1.165, 1.54) is 295 Å². The van der Waals surface area contributed by atoms with Crippen LogP contribution in [0.2, 0.25) is 0 Å². The molecule has 0 N–H and O–H groups in total. The fourth-order valence-electron chi connectivity index (χ4n) is 10.6. The minimum atomic E-state index is -0.762. The van der Waals surface area contributed by atoms with Crippen molar-refractivity contribution in [3.05, 3.63) is 12.2 Å². The highest BCUT2D eigenvalue weighted by Gasteiger charge is 2.19. The molecule has 0 saturated carbocycles. The van der Waals surface area contributed by atoms with Crippen molar-refractivity contribution in [2.45, 2.75) is 399 Å². The van der Waals surface area contributed by atoms with E-state index in [4.69, 9.17) is 14.2 Å². The lowest BCUT2D eigenvalue weighted by molar-refractivity contribution is -0.167. The molecular weight excluding hydrogens is 925 g/mol. The van der Waals surface area contributed by atoms with Crippen LogP contribution in [0.4, 0.5) is 0 Å². The van der Waals surface area contributed by atoms with Crippen molar-refractivity contribution in [2.75, 3.05) is 13.2 Å². The molecule has 0 heterocycles. The van der Waals surface area contributed by atoms with Crippen LogP contribution in [-0.2, 0) is 28.6 Å². The Kier molecular flexibility index (Phi) is 63.1. The van der Waals surface area contributed by atoms with Crippen molar-refractivity contribution >= 4 is 17.9 Å². The van der Waals surface area contributed by atoms with E-state index in [1.807, 2.05) is 0 Å². The smallest absolute Gasteiger partial charge is 0.306 e. The van der Waals surface area contributed by atoms with Crippen molar-refractivity contribution in [1.82, 2.24) is 0 Å². The molecule has 0 fully saturated rings. The van der Waals surface area contributed by atoms with Crippen LogP contribution >= 0.6 is 0 Å². The average Bonchev–Trinajstić information content (AvgIpc) is 3.41. The number of carbonyl (C=O) groups is 3. The number of unbranched alkanes of at least 4 members (excludes halogenated alkanes) is 51. The van der Waals surface area contributed by atoms with Gasteiger partial charge in [-0.15, -0.1) is 0 Å². The fraction of sp³-hybridized carbons (Fsp3) is 0.928. The molecule has 0 bridgehead atoms. The Balaban J connectivity index is 3.92. The standard InChI is InChI=1S/C69H132O6/c1-4-7-10-13-16-19-22-23-24-25-26-27-28-29-30-31-32-33-34-35-36-37-38-39-40-41-42-43-44-45-48-50-53-56-59-62-68(71)74-65-66(75-69(72)63-60-57-54-51-47-21-18-15-12-9-6-3)64-73-67(70)61-58-55-52-49-46-20-17-14-11-8-5-2/h25-26,66H,4-24,27-65H2,1-3H3/b26-25-. The largest absolute Gasteiger partial charge is 0.462 e. The van der Waals surface area contributed by atoms with Crippen LogP contribution in [0, 0.1) is 0 Å². The summed E-state index contributed by atoms with van der Waals surface area (Å²) in [5.41, 5.74) is 0. The van der Waals surface area contributed by atoms with E-state index in [0.29, 0.717) is 19.3 Å². The molecule has 0 radical (unpaired) electrons. The Bertz CT molecular complexity index is 1170. The Morgan fingerprint density at radius 3 is 0.667 bits per heavy atom. The molecule has 0 aliphatic carbocycles. The van der Waals surface area contributed by atoms with Gasteiger partial charge in [-0.2, -0.15) is 0 Å². The molecule has 0 aromatic rings. The van der Waals surface area contributed by atoms with Crippen molar-refractivity contribution in [1.29, 1.82) is 0 Å². The number of rotatable bonds is 64. The molecule has 0 amide bonds. The van der Waals surface area contributed by atoms with Crippen molar-refractivity contribution in [2.24, 2.45) is 0 Å². The number of allylic oxidation sites excluding steroid dienone is 2. The van der Waals surface area contributed by atoms with E-state index in [9.17, 15) is 14.4 Å². The number of carbonyl (C=O) groups excluding carboxylic acids is 3. The van der Waals surface area contributed by atoms with Crippen LogP contribution in [0.5, 0.6) is 0 Å². The van der Waals surface area contributed by atoms with Gasteiger partial charge in [-0.3, -0.25) is 14.4 Å². The Morgan fingerprint density at radius 1 is 0.253 bits per heavy atom. The molecule has 0 aromatic carbocycles. The lowest BCUT2D eigenvalue weighted by Crippen LogP contribution is -2.30. The fourth-order valence-corrected chi connectivity index (χ4v) is 10.6. The van der Waals surface area contributed by atoms with Crippen LogP contribution in [0.3, 0.4) is 0 Å². The van der Waals surface area contributed by atoms with E-state index in [2.05, 4.69) is 32.9 Å². The van der Waals surface area contributed by atoms with Gasteiger partial charge >= 0.3 is 17.9 Å². The molecule has 0 spiro atoms. The first-order chi connectivity index (χ1) is 37.0. The molecule has 6 nitrogen and oxygen atoms in total. The molecule has 0 saturated heterocycles. The number of ether oxygens (including phenoxy) is 3. The highest BCUT2D eigenvalue weighted by Crippen LogP contribution is 2.19. The monoisotopic (exact) mass is 1060 g/mol. The number of esters is 3. The highest BCUT2D eigenvalue weighted by atomic mass is 16.6. The summed E-state index contributed by atoms with van der Waals surface area (Å²) in [5, 5.41) is 0. The molecule has 75 heavy (non-hydrogen) atoms. The van der Waals surface area contributed by atoms with Gasteiger partial charge in [0.2, 0.25) is 0 Å². The van der Waals surface area contributed by atoms with E-state index in [1.54, 1.807) is 0 Å². The summed E-state index contributed by atoms with van der Waals surface area (Å²) in [7, 11) is 0. The zero-order chi connectivity index (χ0) is 54.3. The zero-order valence-corrected chi connectivity index (χ0v) is 51.1. The van der Waals surface area contributed by atoms with Crippen LogP contribution in [0.1, 0.15) is 393 Å². The summed E-state index contributed by atoms with van der Waals surface area (Å²) >= 11 is 0. The molecule has 0 rings (SSSR count). The van der Waals surface area contributed by atoms with Crippen molar-refractivity contribution < 1.29 is 28.6 Å². The van der Waals surface area contributed by atoms with Crippen LogP contribution in [0.25, 0.3) is 0 Å². The molecule has 444 valence electrons.